The molecule has 0 aromatic rings. The van der Waals surface area contributed by atoms with E-state index >= 15 is 0 Å². The number of fused-ring (bicyclic) bond motifs is 1. The Morgan fingerprint density at radius 1 is 1.80 bits per heavy atom. The summed E-state index contributed by atoms with van der Waals surface area (Å²) < 4.78 is 5.38. The predicted octanol–water partition coefficient (Wildman–Crippen LogP) is 1.29. The molecule has 1 aliphatic carbocycles. The van der Waals surface area contributed by atoms with Crippen molar-refractivity contribution in [3.05, 3.63) is 0 Å². The van der Waals surface area contributed by atoms with Gasteiger partial charge in [-0.05, 0) is 19.3 Å². The van der Waals surface area contributed by atoms with Gasteiger partial charge in [0.2, 0.25) is 0 Å². The Labute approximate surface area is 60.6 Å². The van der Waals surface area contributed by atoms with E-state index in [0.717, 1.165) is 25.7 Å². The summed E-state index contributed by atoms with van der Waals surface area (Å²) in [6.45, 7) is 2.10. The largest absolute Gasteiger partial charge is 0.358 e. The summed E-state index contributed by atoms with van der Waals surface area (Å²) in [4.78, 5) is 11.1. The minimum Gasteiger partial charge on any atom is -0.358 e. The van der Waals surface area contributed by atoms with E-state index in [1.165, 1.54) is 0 Å². The summed E-state index contributed by atoms with van der Waals surface area (Å²) >= 11 is 0. The van der Waals surface area contributed by atoms with Gasteiger partial charge in [-0.2, -0.15) is 0 Å². The molecule has 2 fully saturated rings. The molecular formula is C8H12O2. The zero-order chi connectivity index (χ0) is 7.19. The van der Waals surface area contributed by atoms with Crippen LogP contribution in [0.1, 0.15) is 32.6 Å². The van der Waals surface area contributed by atoms with E-state index in [-0.39, 0.29) is 11.7 Å². The molecule has 0 N–H and O–H groups in total. The molecule has 0 bridgehead atoms. The normalized spacial score (nSPS) is 44.9. The number of hydrogen-bond acceptors (Lipinski definition) is 2. The molecule has 2 rings (SSSR count). The molecule has 0 spiro atoms. The Bertz CT molecular complexity index is 176. The first-order chi connectivity index (χ1) is 4.78. The number of carbonyl (C=O) groups is 1. The highest BCUT2D eigenvalue weighted by Crippen LogP contribution is 2.48. The first-order valence-electron chi connectivity index (χ1n) is 3.99. The van der Waals surface area contributed by atoms with Crippen molar-refractivity contribution < 1.29 is 9.53 Å². The van der Waals surface area contributed by atoms with Gasteiger partial charge >= 0.3 is 0 Å². The van der Waals surface area contributed by atoms with Crippen molar-refractivity contribution in [1.82, 2.24) is 0 Å². The van der Waals surface area contributed by atoms with Gasteiger partial charge in [0.25, 0.3) is 0 Å². The highest BCUT2D eigenvalue weighted by atomic mass is 16.6. The smallest absolute Gasteiger partial charge is 0.164 e. The second kappa shape index (κ2) is 1.82. The SMILES string of the molecule is CC[C@]12CCCC(=O)[C@H]1O2. The summed E-state index contributed by atoms with van der Waals surface area (Å²) in [5, 5.41) is 0. The van der Waals surface area contributed by atoms with E-state index in [0.29, 0.717) is 5.78 Å². The number of hydrogen-bond donors (Lipinski definition) is 0. The van der Waals surface area contributed by atoms with Gasteiger partial charge in [-0.3, -0.25) is 4.79 Å². The molecule has 2 atom stereocenters. The van der Waals surface area contributed by atoms with Crippen LogP contribution in [0.25, 0.3) is 0 Å². The van der Waals surface area contributed by atoms with Gasteiger partial charge in [0.1, 0.15) is 11.7 Å². The average Bonchev–Trinajstić information content (AvgIpc) is 2.65. The molecule has 0 radical (unpaired) electrons. The predicted molar refractivity (Wildman–Crippen MR) is 36.8 cm³/mol. The maximum Gasteiger partial charge on any atom is 0.164 e. The quantitative estimate of drug-likeness (QED) is 0.513. The van der Waals surface area contributed by atoms with Gasteiger partial charge in [-0.25, -0.2) is 0 Å². The topological polar surface area (TPSA) is 29.6 Å². The van der Waals surface area contributed by atoms with Crippen molar-refractivity contribution in [2.24, 2.45) is 0 Å². The molecule has 1 saturated heterocycles. The minimum atomic E-state index is -0.00810. The molecule has 2 aliphatic rings. The van der Waals surface area contributed by atoms with Crippen LogP contribution in [0.3, 0.4) is 0 Å². The van der Waals surface area contributed by atoms with Crippen LogP contribution in [0, 0.1) is 0 Å². The van der Waals surface area contributed by atoms with E-state index in [9.17, 15) is 4.79 Å². The summed E-state index contributed by atoms with van der Waals surface area (Å²) in [5.41, 5.74) is 0.00926. The van der Waals surface area contributed by atoms with Crippen LogP contribution in [0.5, 0.6) is 0 Å². The number of ketones is 1. The van der Waals surface area contributed by atoms with Gasteiger partial charge in [0.15, 0.2) is 5.78 Å². The van der Waals surface area contributed by atoms with Crippen molar-refractivity contribution in [2.75, 3.05) is 0 Å². The Kier molecular flexibility index (Phi) is 1.15. The second-order valence-corrected chi connectivity index (χ2v) is 3.24. The summed E-state index contributed by atoms with van der Waals surface area (Å²) in [6.07, 6.45) is 3.87. The highest BCUT2D eigenvalue weighted by molar-refractivity contribution is 5.87. The molecule has 0 unspecified atom stereocenters. The van der Waals surface area contributed by atoms with Crippen LogP contribution in [-0.4, -0.2) is 17.5 Å². The summed E-state index contributed by atoms with van der Waals surface area (Å²) in [6, 6.07) is 0. The molecule has 2 heteroatoms. The van der Waals surface area contributed by atoms with Gasteiger partial charge in [-0.1, -0.05) is 6.92 Å². The van der Waals surface area contributed by atoms with Gasteiger partial charge in [0.05, 0.1) is 0 Å². The van der Waals surface area contributed by atoms with Crippen LogP contribution in [0.2, 0.25) is 0 Å². The third-order valence-corrected chi connectivity index (χ3v) is 2.69. The Hall–Kier alpha value is -0.370. The molecule has 0 aromatic carbocycles. The van der Waals surface area contributed by atoms with Crippen molar-refractivity contribution in [3.8, 4) is 0 Å². The fraction of sp³-hybridized carbons (Fsp3) is 0.875. The van der Waals surface area contributed by atoms with Gasteiger partial charge in [0, 0.05) is 6.42 Å². The van der Waals surface area contributed by atoms with Gasteiger partial charge < -0.3 is 4.74 Å². The Morgan fingerprint density at radius 3 is 3.20 bits per heavy atom. The summed E-state index contributed by atoms with van der Waals surface area (Å²) in [7, 11) is 0. The zero-order valence-corrected chi connectivity index (χ0v) is 6.22. The fourth-order valence-corrected chi connectivity index (χ4v) is 1.89. The lowest BCUT2D eigenvalue weighted by Gasteiger charge is -2.13. The molecule has 1 saturated carbocycles. The molecule has 2 nitrogen and oxygen atoms in total. The van der Waals surface area contributed by atoms with Crippen molar-refractivity contribution in [1.29, 1.82) is 0 Å². The first kappa shape index (κ1) is 6.35. The molecular weight excluding hydrogens is 128 g/mol. The number of rotatable bonds is 1. The van der Waals surface area contributed by atoms with E-state index in [1.54, 1.807) is 0 Å². The van der Waals surface area contributed by atoms with Crippen molar-refractivity contribution >= 4 is 5.78 Å². The standard InChI is InChI=1S/C8H12O2/c1-2-8-5-3-4-6(9)7(8)10-8/h7H,2-5H2,1H3/t7-,8+/m1/s1. The van der Waals surface area contributed by atoms with Crippen LogP contribution in [0.15, 0.2) is 0 Å². The molecule has 0 aromatic heterocycles. The van der Waals surface area contributed by atoms with Crippen LogP contribution < -0.4 is 0 Å². The fourth-order valence-electron chi connectivity index (χ4n) is 1.89. The van der Waals surface area contributed by atoms with Crippen molar-refractivity contribution in [3.63, 3.8) is 0 Å². The molecule has 1 heterocycles. The zero-order valence-electron chi connectivity index (χ0n) is 6.22. The van der Waals surface area contributed by atoms with E-state index in [4.69, 9.17) is 4.74 Å². The monoisotopic (exact) mass is 140 g/mol. The third-order valence-electron chi connectivity index (χ3n) is 2.69. The Balaban J connectivity index is 2.12. The van der Waals surface area contributed by atoms with Crippen LogP contribution in [-0.2, 0) is 9.53 Å². The van der Waals surface area contributed by atoms with E-state index < -0.39 is 0 Å². The number of carbonyl (C=O) groups excluding carboxylic acids is 1. The summed E-state index contributed by atoms with van der Waals surface area (Å²) in [5.74, 6) is 0.327. The van der Waals surface area contributed by atoms with E-state index in [1.807, 2.05) is 0 Å². The lowest BCUT2D eigenvalue weighted by atomic mass is 9.86. The second-order valence-electron chi connectivity index (χ2n) is 3.24. The molecule has 0 amide bonds. The maximum absolute atomic E-state index is 11.1. The minimum absolute atomic E-state index is 0.00810. The maximum atomic E-state index is 11.1. The number of Topliss-reactive ketones (excluding diaryl/α,β-unsaturated/α-hetero) is 1. The lowest BCUT2D eigenvalue weighted by molar-refractivity contribution is -0.120. The highest BCUT2D eigenvalue weighted by Gasteiger charge is 2.60. The lowest BCUT2D eigenvalue weighted by Crippen LogP contribution is -2.25. The van der Waals surface area contributed by atoms with Crippen molar-refractivity contribution in [2.45, 2.75) is 44.3 Å². The average molecular weight is 140 g/mol. The van der Waals surface area contributed by atoms with E-state index in [2.05, 4.69) is 6.92 Å². The number of ether oxygens (including phenoxy) is 1. The van der Waals surface area contributed by atoms with Crippen LogP contribution >= 0.6 is 0 Å². The van der Waals surface area contributed by atoms with Gasteiger partial charge in [-0.15, -0.1) is 0 Å². The Morgan fingerprint density at radius 2 is 2.60 bits per heavy atom. The molecule has 56 valence electrons. The first-order valence-corrected chi connectivity index (χ1v) is 3.99. The third kappa shape index (κ3) is 0.655. The molecule has 1 aliphatic heterocycles. The molecule has 10 heavy (non-hydrogen) atoms. The van der Waals surface area contributed by atoms with Crippen LogP contribution in [0.4, 0.5) is 0 Å². The number of epoxide rings is 1.